The van der Waals surface area contributed by atoms with E-state index in [1.54, 1.807) is 61.5 Å². The van der Waals surface area contributed by atoms with E-state index in [9.17, 15) is 13.2 Å². The largest absolute Gasteiger partial charge is 0.497 e. The molecular weight excluding hydrogens is 490 g/mol. The second kappa shape index (κ2) is 8.84. The third-order valence-corrected chi connectivity index (χ3v) is 7.49. The summed E-state index contributed by atoms with van der Waals surface area (Å²) in [5.41, 5.74) is 1.91. The van der Waals surface area contributed by atoms with Gasteiger partial charge in [0.15, 0.2) is 0 Å². The summed E-state index contributed by atoms with van der Waals surface area (Å²) in [5, 5.41) is 5.45. The number of rotatable bonds is 6. The molecule has 8 nitrogen and oxygen atoms in total. The normalized spacial score (nSPS) is 11.9. The second-order valence-corrected chi connectivity index (χ2v) is 10.1. The SMILES string of the molecule is COc1ccc(S(=O)(=O)NCc2cccc(-n3c(=O)c4c(C)onc4c4c(Cl)cccc43)c2)cc1. The first-order valence-electron chi connectivity index (χ1n) is 10.6. The highest BCUT2D eigenvalue weighted by molar-refractivity contribution is 7.89. The molecular formula is C25H20ClN3O5S. The number of fused-ring (bicyclic) bond motifs is 3. The van der Waals surface area contributed by atoms with Crippen molar-refractivity contribution in [3.63, 3.8) is 0 Å². The Kier molecular flexibility index (Phi) is 5.84. The Morgan fingerprint density at radius 2 is 1.80 bits per heavy atom. The number of ether oxygens (including phenoxy) is 1. The maximum Gasteiger partial charge on any atom is 0.268 e. The van der Waals surface area contributed by atoms with Crippen molar-refractivity contribution >= 4 is 43.4 Å². The van der Waals surface area contributed by atoms with Gasteiger partial charge in [0, 0.05) is 17.6 Å². The summed E-state index contributed by atoms with van der Waals surface area (Å²) in [4.78, 5) is 13.6. The van der Waals surface area contributed by atoms with Gasteiger partial charge in [0.1, 0.15) is 22.4 Å². The van der Waals surface area contributed by atoms with E-state index in [1.807, 2.05) is 0 Å². The molecule has 35 heavy (non-hydrogen) atoms. The van der Waals surface area contributed by atoms with E-state index in [0.29, 0.717) is 49.6 Å². The van der Waals surface area contributed by atoms with E-state index >= 15 is 0 Å². The predicted octanol–water partition coefficient (Wildman–Crippen LogP) is 4.58. The summed E-state index contributed by atoms with van der Waals surface area (Å²) in [7, 11) is -2.24. The first kappa shape index (κ1) is 23.1. The minimum Gasteiger partial charge on any atom is -0.497 e. The molecule has 0 aliphatic rings. The molecule has 178 valence electrons. The number of halogens is 1. The molecule has 0 fully saturated rings. The van der Waals surface area contributed by atoms with Crippen molar-refractivity contribution < 1.29 is 17.7 Å². The van der Waals surface area contributed by atoms with Crippen LogP contribution in [0.1, 0.15) is 11.3 Å². The summed E-state index contributed by atoms with van der Waals surface area (Å²) >= 11 is 6.48. The highest BCUT2D eigenvalue weighted by Crippen LogP contribution is 2.31. The monoisotopic (exact) mass is 509 g/mol. The van der Waals surface area contributed by atoms with Crippen molar-refractivity contribution in [2.24, 2.45) is 0 Å². The Labute approximate surface area is 205 Å². The topological polar surface area (TPSA) is 103 Å². The van der Waals surface area contributed by atoms with Crippen LogP contribution in [0.5, 0.6) is 5.75 Å². The lowest BCUT2D eigenvalue weighted by atomic mass is 10.1. The molecule has 5 rings (SSSR count). The lowest BCUT2D eigenvalue weighted by molar-refractivity contribution is 0.406. The molecule has 0 unspecified atom stereocenters. The van der Waals surface area contributed by atoms with Crippen molar-refractivity contribution in [3.8, 4) is 11.4 Å². The third-order valence-electron chi connectivity index (χ3n) is 5.75. The summed E-state index contributed by atoms with van der Waals surface area (Å²) < 4.78 is 40.0. The summed E-state index contributed by atoms with van der Waals surface area (Å²) in [6.45, 7) is 1.71. The fourth-order valence-corrected chi connectivity index (χ4v) is 5.30. The Morgan fingerprint density at radius 1 is 1.06 bits per heavy atom. The van der Waals surface area contributed by atoms with Crippen molar-refractivity contribution in [3.05, 3.63) is 93.4 Å². The molecule has 2 aromatic heterocycles. The Hall–Kier alpha value is -3.66. The summed E-state index contributed by atoms with van der Waals surface area (Å²) in [5.74, 6) is 0.957. The molecule has 0 amide bonds. The fraction of sp³-hybridized carbons (Fsp3) is 0.120. The lowest BCUT2D eigenvalue weighted by Crippen LogP contribution is -2.23. The fourth-order valence-electron chi connectivity index (χ4n) is 4.03. The van der Waals surface area contributed by atoms with Crippen LogP contribution in [0, 0.1) is 6.92 Å². The van der Waals surface area contributed by atoms with Crippen molar-refractivity contribution in [1.29, 1.82) is 0 Å². The number of nitrogens with one attached hydrogen (secondary N) is 1. The first-order chi connectivity index (χ1) is 16.8. The number of benzene rings is 3. The first-order valence-corrected chi connectivity index (χ1v) is 12.5. The number of pyridine rings is 1. The standard InChI is InChI=1S/C25H20ClN3O5S/c1-15-22-24(28-34-15)23-20(26)7-4-8-21(23)29(25(22)30)17-6-3-5-16(13-17)14-27-35(31,32)19-11-9-18(33-2)10-12-19/h3-13,27H,14H2,1-2H3. The molecule has 0 aliphatic carbocycles. The van der Waals surface area contributed by atoms with Crippen LogP contribution in [0.3, 0.4) is 0 Å². The summed E-state index contributed by atoms with van der Waals surface area (Å²) in [6, 6.07) is 18.5. The predicted molar refractivity (Wildman–Crippen MR) is 134 cm³/mol. The summed E-state index contributed by atoms with van der Waals surface area (Å²) in [6.07, 6.45) is 0. The molecule has 0 saturated heterocycles. The van der Waals surface area contributed by atoms with Crippen LogP contribution in [-0.2, 0) is 16.6 Å². The number of methoxy groups -OCH3 is 1. The molecule has 5 aromatic rings. The number of nitrogens with zero attached hydrogens (tertiary/aromatic N) is 2. The zero-order valence-corrected chi connectivity index (χ0v) is 20.4. The Morgan fingerprint density at radius 3 is 2.54 bits per heavy atom. The van der Waals surface area contributed by atoms with Gasteiger partial charge in [0.2, 0.25) is 10.0 Å². The third kappa shape index (κ3) is 4.07. The number of sulfonamides is 1. The van der Waals surface area contributed by atoms with Crippen molar-refractivity contribution in [2.75, 3.05) is 7.11 Å². The lowest BCUT2D eigenvalue weighted by Gasteiger charge is -2.13. The molecule has 1 N–H and O–H groups in total. The molecule has 0 atom stereocenters. The molecule has 10 heteroatoms. The van der Waals surface area contributed by atoms with Gasteiger partial charge >= 0.3 is 0 Å². The maximum atomic E-state index is 13.5. The molecule has 2 heterocycles. The van der Waals surface area contributed by atoms with Gasteiger partial charge in [0.25, 0.3) is 5.56 Å². The van der Waals surface area contributed by atoms with Gasteiger partial charge in [-0.1, -0.05) is 35.0 Å². The van der Waals surface area contributed by atoms with Crippen LogP contribution >= 0.6 is 11.6 Å². The quantitative estimate of drug-likeness (QED) is 0.359. The van der Waals surface area contributed by atoms with Crippen LogP contribution in [-0.4, -0.2) is 25.3 Å². The van der Waals surface area contributed by atoms with Crippen LogP contribution in [0.4, 0.5) is 0 Å². The number of aromatic nitrogens is 2. The molecule has 3 aromatic carbocycles. The van der Waals surface area contributed by atoms with Gasteiger partial charge in [-0.05, 0) is 61.0 Å². The molecule has 0 bridgehead atoms. The van der Waals surface area contributed by atoms with Crippen LogP contribution in [0.2, 0.25) is 5.02 Å². The van der Waals surface area contributed by atoms with Gasteiger partial charge < -0.3 is 9.26 Å². The van der Waals surface area contributed by atoms with E-state index in [0.717, 1.165) is 0 Å². The number of hydrogen-bond acceptors (Lipinski definition) is 6. The average molecular weight is 510 g/mol. The Balaban J connectivity index is 1.55. The van der Waals surface area contributed by atoms with E-state index in [4.69, 9.17) is 20.9 Å². The highest BCUT2D eigenvalue weighted by atomic mass is 35.5. The minimum atomic E-state index is -3.75. The van der Waals surface area contributed by atoms with Crippen molar-refractivity contribution in [2.45, 2.75) is 18.4 Å². The van der Waals surface area contributed by atoms with Gasteiger partial charge in [-0.25, -0.2) is 13.1 Å². The van der Waals surface area contributed by atoms with E-state index < -0.39 is 10.0 Å². The molecule has 0 saturated carbocycles. The maximum absolute atomic E-state index is 13.5. The van der Waals surface area contributed by atoms with Gasteiger partial charge in [-0.15, -0.1) is 0 Å². The molecule has 0 aliphatic heterocycles. The Bertz CT molecular complexity index is 1740. The van der Waals surface area contributed by atoms with E-state index in [1.165, 1.54) is 23.8 Å². The van der Waals surface area contributed by atoms with Gasteiger partial charge in [-0.3, -0.25) is 9.36 Å². The minimum absolute atomic E-state index is 0.0319. The number of aryl methyl sites for hydroxylation is 1. The molecule has 0 radical (unpaired) electrons. The van der Waals surface area contributed by atoms with Crippen LogP contribution < -0.4 is 15.0 Å². The van der Waals surface area contributed by atoms with E-state index in [2.05, 4.69) is 9.88 Å². The highest BCUT2D eigenvalue weighted by Gasteiger charge is 2.20. The van der Waals surface area contributed by atoms with Gasteiger partial charge in [0.05, 0.1) is 22.5 Å². The zero-order valence-electron chi connectivity index (χ0n) is 18.8. The zero-order chi connectivity index (χ0) is 24.7. The number of hydrogen-bond donors (Lipinski definition) is 1. The van der Waals surface area contributed by atoms with Crippen LogP contribution in [0.25, 0.3) is 27.5 Å². The average Bonchev–Trinajstić information content (AvgIpc) is 3.25. The smallest absolute Gasteiger partial charge is 0.268 e. The van der Waals surface area contributed by atoms with E-state index in [-0.39, 0.29) is 17.0 Å². The van der Waals surface area contributed by atoms with Gasteiger partial charge in [-0.2, -0.15) is 0 Å². The van der Waals surface area contributed by atoms with Crippen LogP contribution in [0.15, 0.2) is 80.9 Å². The molecule has 0 spiro atoms. The second-order valence-electron chi connectivity index (χ2n) is 7.91. The van der Waals surface area contributed by atoms with Crippen molar-refractivity contribution in [1.82, 2.24) is 14.4 Å².